The molecule has 8 nitrogen and oxygen atoms in total. The Morgan fingerprint density at radius 3 is 2.74 bits per heavy atom. The van der Waals surface area contributed by atoms with Crippen molar-refractivity contribution in [2.24, 2.45) is 4.99 Å². The standard InChI is InChI=1S/C23H26N6O2/c1-5-7-9-19(24-4)10-11-26-21-20(17-12-18(22(30)31)14-25-13-17)15-27-23(29-21)28-16(3)8-6-2/h5-9,12-15H,3-4,10-11H2,1-2H3,(H,30,31)(H2,26,27,28,29)/b7-5-,8-6+,19-9-. The Hall–Kier alpha value is -4.07. The fourth-order valence-corrected chi connectivity index (χ4v) is 2.61. The van der Waals surface area contributed by atoms with Gasteiger partial charge < -0.3 is 15.7 Å². The van der Waals surface area contributed by atoms with Crippen molar-refractivity contribution in [2.45, 2.75) is 20.3 Å². The second-order valence-corrected chi connectivity index (χ2v) is 6.39. The smallest absolute Gasteiger partial charge is 0.337 e. The van der Waals surface area contributed by atoms with Gasteiger partial charge in [-0.05, 0) is 38.8 Å². The summed E-state index contributed by atoms with van der Waals surface area (Å²) < 4.78 is 0. The minimum absolute atomic E-state index is 0.0829. The molecule has 0 aromatic carbocycles. The summed E-state index contributed by atoms with van der Waals surface area (Å²) in [5, 5.41) is 15.6. The third-order valence-corrected chi connectivity index (χ3v) is 4.08. The van der Waals surface area contributed by atoms with Crippen LogP contribution in [0.25, 0.3) is 11.1 Å². The molecule has 2 aromatic heterocycles. The average Bonchev–Trinajstić information content (AvgIpc) is 2.76. The summed E-state index contributed by atoms with van der Waals surface area (Å²) >= 11 is 0. The van der Waals surface area contributed by atoms with E-state index in [1.165, 1.54) is 12.3 Å². The summed E-state index contributed by atoms with van der Waals surface area (Å²) in [4.78, 5) is 28.3. The summed E-state index contributed by atoms with van der Waals surface area (Å²) in [7, 11) is 0. The molecule has 0 bridgehead atoms. The molecular formula is C23H26N6O2. The molecule has 2 heterocycles. The Morgan fingerprint density at radius 2 is 2.06 bits per heavy atom. The maximum atomic E-state index is 11.3. The molecule has 0 aliphatic rings. The van der Waals surface area contributed by atoms with Crippen LogP contribution in [0, 0.1) is 0 Å². The third-order valence-electron chi connectivity index (χ3n) is 4.08. The molecule has 0 atom stereocenters. The lowest BCUT2D eigenvalue weighted by atomic mass is 10.1. The predicted molar refractivity (Wildman–Crippen MR) is 125 cm³/mol. The molecule has 160 valence electrons. The minimum Gasteiger partial charge on any atom is -0.478 e. The number of nitrogens with one attached hydrogen (secondary N) is 2. The van der Waals surface area contributed by atoms with Crippen LogP contribution < -0.4 is 10.6 Å². The first-order chi connectivity index (χ1) is 15.0. The zero-order valence-electron chi connectivity index (χ0n) is 17.7. The first-order valence-electron chi connectivity index (χ1n) is 9.65. The van der Waals surface area contributed by atoms with E-state index in [1.807, 2.05) is 38.2 Å². The van der Waals surface area contributed by atoms with E-state index in [4.69, 9.17) is 0 Å². The molecule has 0 spiro atoms. The van der Waals surface area contributed by atoms with Crippen LogP contribution in [0.5, 0.6) is 0 Å². The molecular weight excluding hydrogens is 392 g/mol. The predicted octanol–water partition coefficient (Wildman–Crippen LogP) is 4.70. The Kier molecular flexibility index (Phi) is 8.85. The van der Waals surface area contributed by atoms with E-state index in [-0.39, 0.29) is 5.56 Å². The third kappa shape index (κ3) is 7.04. The summed E-state index contributed by atoms with van der Waals surface area (Å²) in [5.41, 5.74) is 2.77. The average molecular weight is 419 g/mol. The molecule has 2 aromatic rings. The molecule has 0 aliphatic heterocycles. The van der Waals surface area contributed by atoms with Crippen LogP contribution in [-0.2, 0) is 0 Å². The van der Waals surface area contributed by atoms with Gasteiger partial charge in [0, 0.05) is 54.1 Å². The number of hydrogen-bond acceptors (Lipinski definition) is 7. The second-order valence-electron chi connectivity index (χ2n) is 6.39. The van der Waals surface area contributed by atoms with Crippen LogP contribution in [0.15, 0.2) is 78.0 Å². The molecule has 3 N–H and O–H groups in total. The fraction of sp³-hybridized carbons (Fsp3) is 0.174. The van der Waals surface area contributed by atoms with Crippen molar-refractivity contribution < 1.29 is 9.90 Å². The molecule has 2 rings (SSSR count). The van der Waals surface area contributed by atoms with E-state index in [1.54, 1.807) is 18.5 Å². The number of carbonyl (C=O) groups is 1. The number of carboxylic acid groups (broad SMARTS) is 1. The monoisotopic (exact) mass is 418 g/mol. The fourth-order valence-electron chi connectivity index (χ4n) is 2.61. The van der Waals surface area contributed by atoms with Gasteiger partial charge in [-0.3, -0.25) is 9.98 Å². The summed E-state index contributed by atoms with van der Waals surface area (Å²) in [5.74, 6) is -0.158. The maximum absolute atomic E-state index is 11.3. The van der Waals surface area contributed by atoms with Gasteiger partial charge in [0.1, 0.15) is 5.82 Å². The molecule has 0 aliphatic carbocycles. The number of aliphatic imine (C=N–C) groups is 1. The number of anilines is 2. The van der Waals surface area contributed by atoms with E-state index < -0.39 is 5.97 Å². The lowest BCUT2D eigenvalue weighted by Crippen LogP contribution is -2.09. The van der Waals surface area contributed by atoms with E-state index in [0.29, 0.717) is 41.6 Å². The van der Waals surface area contributed by atoms with E-state index in [0.717, 1.165) is 5.70 Å². The van der Waals surface area contributed by atoms with Crippen LogP contribution in [0.1, 0.15) is 30.6 Å². The van der Waals surface area contributed by atoms with Gasteiger partial charge in [0.05, 0.1) is 5.56 Å². The number of nitrogens with zero attached hydrogens (tertiary/aromatic N) is 4. The van der Waals surface area contributed by atoms with Crippen LogP contribution in [-0.4, -0.2) is 39.3 Å². The molecule has 0 amide bonds. The Labute approximate surface area is 181 Å². The Morgan fingerprint density at radius 1 is 1.26 bits per heavy atom. The normalized spacial score (nSPS) is 11.6. The van der Waals surface area contributed by atoms with E-state index >= 15 is 0 Å². The quantitative estimate of drug-likeness (QED) is 0.358. The van der Waals surface area contributed by atoms with Crippen LogP contribution in [0.4, 0.5) is 11.8 Å². The maximum Gasteiger partial charge on any atom is 0.337 e. The molecule has 0 unspecified atom stereocenters. The number of allylic oxidation sites excluding steroid dienone is 5. The van der Waals surface area contributed by atoms with Crippen molar-refractivity contribution in [1.82, 2.24) is 15.0 Å². The van der Waals surface area contributed by atoms with Crippen molar-refractivity contribution in [2.75, 3.05) is 17.2 Å². The van der Waals surface area contributed by atoms with Gasteiger partial charge in [0.2, 0.25) is 5.95 Å². The molecule has 0 fully saturated rings. The molecule has 0 saturated carbocycles. The number of hydrogen-bond donors (Lipinski definition) is 3. The lowest BCUT2D eigenvalue weighted by molar-refractivity contribution is 0.0696. The number of rotatable bonds is 11. The van der Waals surface area contributed by atoms with Crippen LogP contribution >= 0.6 is 0 Å². The summed E-state index contributed by atoms with van der Waals surface area (Å²) in [6.45, 7) is 11.9. The topological polar surface area (TPSA) is 112 Å². The van der Waals surface area contributed by atoms with Crippen molar-refractivity contribution >= 4 is 24.5 Å². The first-order valence-corrected chi connectivity index (χ1v) is 9.65. The van der Waals surface area contributed by atoms with Crippen LogP contribution in [0.2, 0.25) is 0 Å². The highest BCUT2D eigenvalue weighted by Gasteiger charge is 2.13. The molecule has 8 heteroatoms. The summed E-state index contributed by atoms with van der Waals surface area (Å²) in [6.07, 6.45) is 14.5. The lowest BCUT2D eigenvalue weighted by Gasteiger charge is -2.13. The van der Waals surface area contributed by atoms with Crippen molar-refractivity contribution in [3.8, 4) is 11.1 Å². The van der Waals surface area contributed by atoms with Crippen molar-refractivity contribution in [3.63, 3.8) is 0 Å². The largest absolute Gasteiger partial charge is 0.478 e. The van der Waals surface area contributed by atoms with Crippen LogP contribution in [0.3, 0.4) is 0 Å². The van der Waals surface area contributed by atoms with E-state index in [2.05, 4.69) is 43.9 Å². The van der Waals surface area contributed by atoms with Gasteiger partial charge in [0.15, 0.2) is 0 Å². The highest BCUT2D eigenvalue weighted by atomic mass is 16.4. The molecule has 0 radical (unpaired) electrons. The molecule has 0 saturated heterocycles. The minimum atomic E-state index is -1.05. The number of aromatic nitrogens is 3. The number of carboxylic acids is 1. The van der Waals surface area contributed by atoms with Gasteiger partial charge >= 0.3 is 5.97 Å². The second kappa shape index (κ2) is 11.8. The highest BCUT2D eigenvalue weighted by molar-refractivity contribution is 5.89. The van der Waals surface area contributed by atoms with E-state index in [9.17, 15) is 9.90 Å². The number of pyridine rings is 1. The highest BCUT2D eigenvalue weighted by Crippen LogP contribution is 2.27. The van der Waals surface area contributed by atoms with Gasteiger partial charge in [0.25, 0.3) is 0 Å². The van der Waals surface area contributed by atoms with Crippen molar-refractivity contribution in [3.05, 3.63) is 78.6 Å². The van der Waals surface area contributed by atoms with Gasteiger partial charge in [-0.2, -0.15) is 4.98 Å². The zero-order chi connectivity index (χ0) is 22.6. The first kappa shape index (κ1) is 23.2. The van der Waals surface area contributed by atoms with Gasteiger partial charge in [-0.1, -0.05) is 24.8 Å². The zero-order valence-corrected chi connectivity index (χ0v) is 17.7. The van der Waals surface area contributed by atoms with Crippen molar-refractivity contribution in [1.29, 1.82) is 0 Å². The Balaban J connectivity index is 2.35. The Bertz CT molecular complexity index is 1040. The summed E-state index contributed by atoms with van der Waals surface area (Å²) in [6, 6.07) is 1.54. The SMILES string of the molecule is C=N/C(=C\C=C/C)CCNc1nc(NC(=C)/C=C/C)ncc1-c1cncc(C(=O)O)c1. The van der Waals surface area contributed by atoms with Gasteiger partial charge in [-0.15, -0.1) is 0 Å². The van der Waals surface area contributed by atoms with Gasteiger partial charge in [-0.25, -0.2) is 9.78 Å². The molecule has 31 heavy (non-hydrogen) atoms. The number of aromatic carboxylic acids is 1.